The fourth-order valence-electron chi connectivity index (χ4n) is 2.62. The Morgan fingerprint density at radius 3 is 2.48 bits per heavy atom. The number of hydrogen-bond donors (Lipinski definition) is 1. The van der Waals surface area contributed by atoms with Gasteiger partial charge in [-0.25, -0.2) is 0 Å². The van der Waals surface area contributed by atoms with Crippen LogP contribution in [-0.4, -0.2) is 32.2 Å². The van der Waals surface area contributed by atoms with E-state index in [0.29, 0.717) is 12.2 Å². The van der Waals surface area contributed by atoms with Crippen molar-refractivity contribution in [1.29, 1.82) is 0 Å². The molecule has 0 saturated carbocycles. The van der Waals surface area contributed by atoms with Crippen LogP contribution in [0, 0.1) is 5.41 Å². The summed E-state index contributed by atoms with van der Waals surface area (Å²) in [5.41, 5.74) is -1.38. The molecule has 1 unspecified atom stereocenters. The molecule has 1 fully saturated rings. The van der Waals surface area contributed by atoms with Crippen LogP contribution < -0.4 is 10.1 Å². The number of Topliss-reactive ketones (excluding diaryl/α,β-unsaturated/α-hetero) is 1. The first kappa shape index (κ1) is 15.8. The van der Waals surface area contributed by atoms with Crippen molar-refractivity contribution in [2.24, 2.45) is 5.41 Å². The van der Waals surface area contributed by atoms with Crippen molar-refractivity contribution < 1.29 is 22.7 Å². The van der Waals surface area contributed by atoms with Crippen molar-refractivity contribution in [3.05, 3.63) is 29.8 Å². The van der Waals surface area contributed by atoms with E-state index in [1.165, 1.54) is 0 Å². The predicted octanol–water partition coefficient (Wildman–Crippen LogP) is 2.74. The highest BCUT2D eigenvalue weighted by atomic mass is 19.4. The van der Waals surface area contributed by atoms with Gasteiger partial charge < -0.3 is 10.1 Å². The maximum atomic E-state index is 13.2. The lowest BCUT2D eigenvalue weighted by Crippen LogP contribution is -2.46. The van der Waals surface area contributed by atoms with Crippen LogP contribution in [0.25, 0.3) is 0 Å². The Morgan fingerprint density at radius 1 is 1.33 bits per heavy atom. The molecule has 1 aromatic rings. The molecule has 3 nitrogen and oxygen atoms in total. The van der Waals surface area contributed by atoms with Crippen LogP contribution in [0.2, 0.25) is 0 Å². The third-order valence-electron chi connectivity index (χ3n) is 4.03. The van der Waals surface area contributed by atoms with E-state index in [1.54, 1.807) is 31.4 Å². The van der Waals surface area contributed by atoms with Gasteiger partial charge in [0.15, 0.2) is 0 Å². The van der Waals surface area contributed by atoms with Crippen molar-refractivity contribution in [3.63, 3.8) is 0 Å². The molecule has 1 aliphatic rings. The van der Waals surface area contributed by atoms with Gasteiger partial charge in [0.05, 0.1) is 7.11 Å². The standard InChI is InChI=1S/C15H18F3NO2/c1-21-12-5-2-11(3-6-12)4-7-13(20)14(15(16,17)18)8-9-19-10-14/h2-3,5-6,19H,4,7-10H2,1H3. The summed E-state index contributed by atoms with van der Waals surface area (Å²) < 4.78 is 44.7. The van der Waals surface area contributed by atoms with Crippen molar-refractivity contribution >= 4 is 5.78 Å². The zero-order valence-electron chi connectivity index (χ0n) is 11.8. The number of carbonyl (C=O) groups is 1. The Kier molecular flexibility index (Phi) is 4.56. The SMILES string of the molecule is COc1ccc(CCC(=O)C2(C(F)(F)F)CCNC2)cc1. The minimum atomic E-state index is -4.49. The van der Waals surface area contributed by atoms with E-state index in [2.05, 4.69) is 5.32 Å². The Bertz CT molecular complexity index is 491. The minimum Gasteiger partial charge on any atom is -0.497 e. The summed E-state index contributed by atoms with van der Waals surface area (Å²) in [5.74, 6) is -0.0485. The van der Waals surface area contributed by atoms with Crippen molar-refractivity contribution in [1.82, 2.24) is 5.32 Å². The third kappa shape index (κ3) is 3.20. The quantitative estimate of drug-likeness (QED) is 0.909. The molecule has 2 rings (SSSR count). The summed E-state index contributed by atoms with van der Waals surface area (Å²) in [6.07, 6.45) is -4.46. The minimum absolute atomic E-state index is 0.104. The number of aryl methyl sites for hydroxylation is 1. The summed E-state index contributed by atoms with van der Waals surface area (Å²) >= 11 is 0. The van der Waals surface area contributed by atoms with Gasteiger partial charge >= 0.3 is 6.18 Å². The number of methoxy groups -OCH3 is 1. The Labute approximate surface area is 121 Å². The van der Waals surface area contributed by atoms with E-state index in [9.17, 15) is 18.0 Å². The fraction of sp³-hybridized carbons (Fsp3) is 0.533. The van der Waals surface area contributed by atoms with Gasteiger partial charge in [0.25, 0.3) is 0 Å². The molecular weight excluding hydrogens is 283 g/mol. The first-order valence-corrected chi connectivity index (χ1v) is 6.83. The molecule has 0 bridgehead atoms. The van der Waals surface area contributed by atoms with Crippen molar-refractivity contribution in [2.45, 2.75) is 25.4 Å². The van der Waals surface area contributed by atoms with E-state index in [4.69, 9.17) is 4.74 Å². The second kappa shape index (κ2) is 6.05. The van der Waals surface area contributed by atoms with Crippen LogP contribution in [-0.2, 0) is 11.2 Å². The van der Waals surface area contributed by atoms with Gasteiger partial charge in [0, 0.05) is 13.0 Å². The zero-order chi connectivity index (χ0) is 15.5. The second-order valence-electron chi connectivity index (χ2n) is 5.28. The average Bonchev–Trinajstić information content (AvgIpc) is 2.96. The second-order valence-corrected chi connectivity index (χ2v) is 5.28. The summed E-state index contributed by atoms with van der Waals surface area (Å²) in [4.78, 5) is 12.1. The molecule has 6 heteroatoms. The van der Waals surface area contributed by atoms with Gasteiger partial charge in [-0.05, 0) is 37.1 Å². The number of halogens is 3. The van der Waals surface area contributed by atoms with E-state index in [1.807, 2.05) is 0 Å². The van der Waals surface area contributed by atoms with E-state index >= 15 is 0 Å². The summed E-state index contributed by atoms with van der Waals surface area (Å²) in [7, 11) is 1.54. The Hall–Kier alpha value is -1.56. The zero-order valence-corrected chi connectivity index (χ0v) is 11.8. The first-order valence-electron chi connectivity index (χ1n) is 6.83. The number of carbonyl (C=O) groups excluding carboxylic acids is 1. The number of ether oxygens (including phenoxy) is 1. The molecule has 21 heavy (non-hydrogen) atoms. The van der Waals surface area contributed by atoms with Gasteiger partial charge in [0.1, 0.15) is 16.9 Å². The van der Waals surface area contributed by atoms with Crippen LogP contribution in [0.5, 0.6) is 5.75 Å². The molecule has 0 amide bonds. The number of rotatable bonds is 5. The topological polar surface area (TPSA) is 38.3 Å². The molecule has 1 aliphatic heterocycles. The number of nitrogens with one attached hydrogen (secondary N) is 1. The molecule has 1 saturated heterocycles. The molecule has 116 valence electrons. The molecular formula is C15H18F3NO2. The fourth-order valence-corrected chi connectivity index (χ4v) is 2.62. The normalized spacial score (nSPS) is 22.3. The average molecular weight is 301 g/mol. The van der Waals surface area contributed by atoms with Crippen LogP contribution in [0.15, 0.2) is 24.3 Å². The van der Waals surface area contributed by atoms with Gasteiger partial charge in [-0.3, -0.25) is 4.79 Å². The highest BCUT2D eigenvalue weighted by molar-refractivity contribution is 5.86. The van der Waals surface area contributed by atoms with Crippen LogP contribution in [0.1, 0.15) is 18.4 Å². The Morgan fingerprint density at radius 2 is 2.00 bits per heavy atom. The van der Waals surface area contributed by atoms with Crippen LogP contribution in [0.4, 0.5) is 13.2 Å². The van der Waals surface area contributed by atoms with Crippen LogP contribution >= 0.6 is 0 Å². The molecule has 0 spiro atoms. The number of alkyl halides is 3. The summed E-state index contributed by atoms with van der Waals surface area (Å²) in [6.45, 7) is -0.0776. The summed E-state index contributed by atoms with van der Waals surface area (Å²) in [5, 5.41) is 2.66. The monoisotopic (exact) mass is 301 g/mol. The Balaban J connectivity index is 2.02. The lowest BCUT2D eigenvalue weighted by molar-refractivity contribution is -0.214. The predicted molar refractivity (Wildman–Crippen MR) is 72.3 cm³/mol. The first-order chi connectivity index (χ1) is 9.89. The third-order valence-corrected chi connectivity index (χ3v) is 4.03. The number of hydrogen-bond acceptors (Lipinski definition) is 3. The molecule has 1 atom stereocenters. The highest BCUT2D eigenvalue weighted by Gasteiger charge is 2.60. The van der Waals surface area contributed by atoms with Gasteiger partial charge in [-0.1, -0.05) is 12.1 Å². The van der Waals surface area contributed by atoms with Gasteiger partial charge in [-0.2, -0.15) is 13.2 Å². The maximum Gasteiger partial charge on any atom is 0.402 e. The lowest BCUT2D eigenvalue weighted by atomic mass is 9.79. The lowest BCUT2D eigenvalue weighted by Gasteiger charge is -2.29. The largest absolute Gasteiger partial charge is 0.497 e. The van der Waals surface area contributed by atoms with Gasteiger partial charge in [0.2, 0.25) is 0 Å². The highest BCUT2D eigenvalue weighted by Crippen LogP contribution is 2.44. The number of ketones is 1. The van der Waals surface area contributed by atoms with E-state index in [-0.39, 0.29) is 25.9 Å². The van der Waals surface area contributed by atoms with Crippen LogP contribution in [0.3, 0.4) is 0 Å². The molecule has 1 N–H and O–H groups in total. The van der Waals surface area contributed by atoms with Gasteiger partial charge in [-0.15, -0.1) is 0 Å². The van der Waals surface area contributed by atoms with Crippen molar-refractivity contribution in [2.75, 3.05) is 20.2 Å². The van der Waals surface area contributed by atoms with Crippen molar-refractivity contribution in [3.8, 4) is 5.75 Å². The number of benzene rings is 1. The molecule has 1 heterocycles. The molecule has 1 aromatic carbocycles. The smallest absolute Gasteiger partial charge is 0.402 e. The maximum absolute atomic E-state index is 13.2. The molecule has 0 aromatic heterocycles. The summed E-state index contributed by atoms with van der Waals surface area (Å²) in [6, 6.07) is 6.99. The van der Waals surface area contributed by atoms with E-state index in [0.717, 1.165) is 5.56 Å². The van der Waals surface area contributed by atoms with E-state index < -0.39 is 17.4 Å². The molecule has 0 radical (unpaired) electrons. The molecule has 0 aliphatic carbocycles.